The van der Waals surface area contributed by atoms with Crippen molar-refractivity contribution in [1.29, 1.82) is 0 Å². The first kappa shape index (κ1) is 51.4. The molecule has 4 aliphatic rings. The molecule has 6 bridgehead atoms. The SMILES string of the molecule is CCC/C=C/C=C/C(=O)O[C@@H]1/C(=C/C(=O)OC)C[C@H]2C[C@@H](CC)OC(=O)C[C@@H](O)C[C@H]3C[C@H](OC(C)=O)C(C)(C)[C@](O)(C[C@@H]4C/C(=C/C(=O)OC)C[C@@H](/C=C/C(C)(C)[C@]1(O)O2)O4)O3. The van der Waals surface area contributed by atoms with Crippen molar-refractivity contribution in [3.05, 3.63) is 59.8 Å². The van der Waals surface area contributed by atoms with Gasteiger partial charge in [0.1, 0.15) is 12.2 Å². The standard InChI is InChI=1S/C47H68O16/c1-10-12-13-14-15-16-39(50)61-43-31(23-41(52)57-9)22-35-26-33(11-2)60-42(53)25-32(49)24-36-27-38(58-29(3)48)45(6,7)46(54,62-36)28-37-20-30(21-40(51)56-8)19-34(59-37)17-18-44(4,5)47(43,55)63-35/h13-18,21,23,32-38,43,49,54-55H,10-12,19-20,22,24-28H2,1-9H3/b14-13+,16-15+,18-17+,30-21+,31-23+/t32-,33+,34+,35-,36-,37-,38-,43+,46-,47+/m0/s1. The molecule has 0 unspecified atom stereocenters. The van der Waals surface area contributed by atoms with Gasteiger partial charge in [0.25, 0.3) is 0 Å². The molecular formula is C47H68O16. The summed E-state index contributed by atoms with van der Waals surface area (Å²) >= 11 is 0. The lowest BCUT2D eigenvalue weighted by molar-refractivity contribution is -0.348. The van der Waals surface area contributed by atoms with Crippen molar-refractivity contribution in [3.63, 3.8) is 0 Å². The zero-order chi connectivity index (χ0) is 46.8. The minimum absolute atomic E-state index is 0.0250. The van der Waals surface area contributed by atoms with Crippen molar-refractivity contribution in [3.8, 4) is 0 Å². The number of allylic oxidation sites excluding steroid dienone is 3. The number of hydrogen-bond donors (Lipinski definition) is 3. The third-order valence-corrected chi connectivity index (χ3v) is 12.3. The first-order valence-electron chi connectivity index (χ1n) is 21.9. The molecule has 0 aromatic rings. The van der Waals surface area contributed by atoms with Gasteiger partial charge < -0.3 is 53.2 Å². The number of methoxy groups -OCH3 is 2. The number of rotatable bonds is 9. The van der Waals surface area contributed by atoms with Gasteiger partial charge in [-0.05, 0) is 37.7 Å². The average Bonchev–Trinajstić information content (AvgIpc) is 3.19. The van der Waals surface area contributed by atoms with Gasteiger partial charge in [-0.1, -0.05) is 83.9 Å². The van der Waals surface area contributed by atoms with E-state index in [-0.39, 0.29) is 50.5 Å². The van der Waals surface area contributed by atoms with Gasteiger partial charge in [0.2, 0.25) is 5.79 Å². The van der Waals surface area contributed by atoms with Crippen LogP contribution in [0.3, 0.4) is 0 Å². The number of carbonyl (C=O) groups excluding carboxylic acids is 5. The van der Waals surface area contributed by atoms with Gasteiger partial charge in [0.15, 0.2) is 11.9 Å². The van der Waals surface area contributed by atoms with E-state index in [2.05, 4.69) is 0 Å². The topological polar surface area (TPSA) is 220 Å². The van der Waals surface area contributed by atoms with Crippen LogP contribution < -0.4 is 0 Å². The van der Waals surface area contributed by atoms with E-state index in [4.69, 9.17) is 37.9 Å². The van der Waals surface area contributed by atoms with Crippen LogP contribution in [-0.2, 0) is 61.9 Å². The summed E-state index contributed by atoms with van der Waals surface area (Å²) < 4.78 is 47.0. The average molecular weight is 889 g/mol. The fraction of sp³-hybridized carbons (Fsp3) is 0.681. The number of ether oxygens (including phenoxy) is 8. The Morgan fingerprint density at radius 1 is 0.841 bits per heavy atom. The highest BCUT2D eigenvalue weighted by Crippen LogP contribution is 2.50. The molecule has 352 valence electrons. The molecular weight excluding hydrogens is 821 g/mol. The van der Waals surface area contributed by atoms with Crippen molar-refractivity contribution in [2.24, 2.45) is 10.8 Å². The maximum absolute atomic E-state index is 13.4. The molecule has 4 rings (SSSR count). The van der Waals surface area contributed by atoms with Crippen LogP contribution in [0.15, 0.2) is 59.8 Å². The fourth-order valence-electron chi connectivity index (χ4n) is 8.58. The summed E-state index contributed by atoms with van der Waals surface area (Å²) in [4.78, 5) is 64.6. The third-order valence-electron chi connectivity index (χ3n) is 12.3. The molecule has 0 amide bonds. The zero-order valence-electron chi connectivity index (χ0n) is 38.2. The highest BCUT2D eigenvalue weighted by Gasteiger charge is 2.59. The Morgan fingerprint density at radius 2 is 1.54 bits per heavy atom. The Kier molecular flexibility index (Phi) is 18.1. The van der Waals surface area contributed by atoms with Crippen LogP contribution >= 0.6 is 0 Å². The van der Waals surface area contributed by atoms with Crippen molar-refractivity contribution >= 4 is 29.8 Å². The lowest BCUT2D eigenvalue weighted by Gasteiger charge is -2.53. The zero-order valence-corrected chi connectivity index (χ0v) is 38.2. The predicted molar refractivity (Wildman–Crippen MR) is 227 cm³/mol. The molecule has 16 nitrogen and oxygen atoms in total. The first-order chi connectivity index (χ1) is 29.6. The second-order valence-electron chi connectivity index (χ2n) is 18.0. The smallest absolute Gasteiger partial charge is 0.331 e. The van der Waals surface area contributed by atoms with Gasteiger partial charge in [-0.15, -0.1) is 0 Å². The predicted octanol–water partition coefficient (Wildman–Crippen LogP) is 5.31. The molecule has 4 aliphatic heterocycles. The molecule has 4 heterocycles. The normalized spacial score (nSPS) is 35.7. The Labute approximate surface area is 370 Å². The monoisotopic (exact) mass is 888 g/mol. The molecule has 0 spiro atoms. The number of cyclic esters (lactones) is 1. The Hall–Kier alpha value is -4.19. The van der Waals surface area contributed by atoms with Crippen LogP contribution in [-0.4, -0.2) is 120 Å². The summed E-state index contributed by atoms with van der Waals surface area (Å²) in [6.07, 6.45) is 6.11. The van der Waals surface area contributed by atoms with E-state index in [1.807, 2.05) is 13.0 Å². The van der Waals surface area contributed by atoms with Crippen LogP contribution in [0.5, 0.6) is 0 Å². The number of aliphatic hydroxyl groups excluding tert-OH is 1. The molecule has 3 N–H and O–H groups in total. The fourth-order valence-corrected chi connectivity index (χ4v) is 8.58. The molecule has 0 aliphatic carbocycles. The van der Waals surface area contributed by atoms with E-state index in [0.717, 1.165) is 18.9 Å². The molecule has 0 aromatic heterocycles. The van der Waals surface area contributed by atoms with Crippen LogP contribution in [0, 0.1) is 10.8 Å². The maximum atomic E-state index is 13.4. The van der Waals surface area contributed by atoms with E-state index in [1.54, 1.807) is 52.8 Å². The van der Waals surface area contributed by atoms with Gasteiger partial charge in [-0.25, -0.2) is 14.4 Å². The number of unbranched alkanes of at least 4 members (excludes halogenated alkanes) is 1. The summed E-state index contributed by atoms with van der Waals surface area (Å²) in [6.45, 7) is 11.8. The largest absolute Gasteiger partial charge is 0.466 e. The second-order valence-corrected chi connectivity index (χ2v) is 18.0. The third kappa shape index (κ3) is 13.4. The Bertz CT molecular complexity index is 1790. The van der Waals surface area contributed by atoms with Crippen molar-refractivity contribution < 1.29 is 77.2 Å². The molecule has 16 heteroatoms. The van der Waals surface area contributed by atoms with Crippen LogP contribution in [0.2, 0.25) is 0 Å². The summed E-state index contributed by atoms with van der Waals surface area (Å²) in [5.41, 5.74) is -1.85. The van der Waals surface area contributed by atoms with Gasteiger partial charge in [-0.3, -0.25) is 9.59 Å². The van der Waals surface area contributed by atoms with Gasteiger partial charge in [0.05, 0.1) is 56.6 Å². The lowest BCUT2D eigenvalue weighted by atomic mass is 9.70. The van der Waals surface area contributed by atoms with E-state index in [9.17, 15) is 39.3 Å². The Balaban J connectivity index is 1.87. The number of aliphatic hydroxyl groups is 3. The van der Waals surface area contributed by atoms with Crippen molar-refractivity contribution in [2.45, 2.75) is 180 Å². The molecule has 3 saturated heterocycles. The number of hydrogen-bond acceptors (Lipinski definition) is 16. The number of esters is 5. The highest BCUT2D eigenvalue weighted by molar-refractivity contribution is 5.85. The first-order valence-corrected chi connectivity index (χ1v) is 21.9. The van der Waals surface area contributed by atoms with E-state index in [0.29, 0.717) is 12.0 Å². The lowest BCUT2D eigenvalue weighted by Crippen LogP contribution is -2.62. The van der Waals surface area contributed by atoms with Crippen molar-refractivity contribution in [2.75, 3.05) is 14.2 Å². The minimum atomic E-state index is -2.37. The minimum Gasteiger partial charge on any atom is -0.466 e. The number of fused-ring (bicyclic) bond motifs is 6. The Morgan fingerprint density at radius 3 is 2.19 bits per heavy atom. The molecule has 10 atom stereocenters. The quantitative estimate of drug-likeness (QED) is 0.0878. The summed E-state index contributed by atoms with van der Waals surface area (Å²) in [5.74, 6) is -7.89. The van der Waals surface area contributed by atoms with E-state index < -0.39 is 108 Å². The molecule has 0 aromatic carbocycles. The highest BCUT2D eigenvalue weighted by atomic mass is 16.7. The van der Waals surface area contributed by atoms with Gasteiger partial charge >= 0.3 is 29.8 Å². The van der Waals surface area contributed by atoms with Crippen LogP contribution in [0.1, 0.15) is 119 Å². The summed E-state index contributed by atoms with van der Waals surface area (Å²) in [6, 6.07) is 0. The number of carbonyl (C=O) groups is 5. The van der Waals surface area contributed by atoms with Crippen molar-refractivity contribution in [1.82, 2.24) is 0 Å². The van der Waals surface area contributed by atoms with Gasteiger partial charge in [-0.2, -0.15) is 0 Å². The maximum Gasteiger partial charge on any atom is 0.331 e. The summed E-state index contributed by atoms with van der Waals surface area (Å²) in [7, 11) is 2.45. The second kappa shape index (κ2) is 22.1. The molecule has 0 saturated carbocycles. The summed E-state index contributed by atoms with van der Waals surface area (Å²) in [5, 5.41) is 36.6. The molecule has 0 radical (unpaired) electrons. The molecule has 63 heavy (non-hydrogen) atoms. The van der Waals surface area contributed by atoms with Crippen LogP contribution in [0.25, 0.3) is 0 Å². The van der Waals surface area contributed by atoms with Gasteiger partial charge in [0, 0.05) is 56.3 Å². The van der Waals surface area contributed by atoms with E-state index >= 15 is 0 Å². The van der Waals surface area contributed by atoms with E-state index in [1.165, 1.54) is 39.4 Å². The van der Waals surface area contributed by atoms with Crippen LogP contribution in [0.4, 0.5) is 0 Å². The molecule has 3 fully saturated rings.